The van der Waals surface area contributed by atoms with Gasteiger partial charge in [0.05, 0.1) is 11.9 Å². The molecule has 3 aromatic rings. The van der Waals surface area contributed by atoms with E-state index >= 15 is 0 Å². The summed E-state index contributed by atoms with van der Waals surface area (Å²) in [5.74, 6) is 2.03. The van der Waals surface area contributed by atoms with Crippen LogP contribution >= 0.6 is 0 Å². The van der Waals surface area contributed by atoms with Gasteiger partial charge in [-0.1, -0.05) is 54.6 Å². The lowest BCUT2D eigenvalue weighted by molar-refractivity contribution is 0.470. The van der Waals surface area contributed by atoms with E-state index in [0.717, 1.165) is 28.3 Å². The second-order valence-electron chi connectivity index (χ2n) is 5.85. The highest BCUT2D eigenvalue weighted by Gasteiger charge is 2.08. The summed E-state index contributed by atoms with van der Waals surface area (Å²) in [6, 6.07) is 27.2. The van der Waals surface area contributed by atoms with Crippen molar-refractivity contribution in [1.82, 2.24) is 0 Å². The van der Waals surface area contributed by atoms with Gasteiger partial charge < -0.3 is 9.47 Å². The molecule has 0 spiro atoms. The van der Waals surface area contributed by atoms with E-state index in [0.29, 0.717) is 5.90 Å². The second kappa shape index (κ2) is 8.67. The molecule has 0 fully saturated rings. The minimum absolute atomic E-state index is 0.496. The highest BCUT2D eigenvalue weighted by molar-refractivity contribution is 5.96. The fourth-order valence-corrected chi connectivity index (χ4v) is 2.30. The summed E-state index contributed by atoms with van der Waals surface area (Å²) in [6.45, 7) is 3.93. The van der Waals surface area contributed by atoms with Crippen molar-refractivity contribution in [2.45, 2.75) is 13.8 Å². The van der Waals surface area contributed by atoms with Crippen molar-refractivity contribution in [2.24, 2.45) is 4.99 Å². The summed E-state index contributed by atoms with van der Waals surface area (Å²) in [5.41, 5.74) is 2.69. The van der Waals surface area contributed by atoms with Crippen LogP contribution in [0, 0.1) is 6.92 Å². The summed E-state index contributed by atoms with van der Waals surface area (Å²) in [4.78, 5) is 4.63. The van der Waals surface area contributed by atoms with Crippen LogP contribution in [0.25, 0.3) is 0 Å². The molecule has 0 atom stereocenters. The van der Waals surface area contributed by atoms with Crippen molar-refractivity contribution in [2.75, 3.05) is 0 Å². The van der Waals surface area contributed by atoms with Crippen LogP contribution in [-0.2, 0) is 0 Å². The van der Waals surface area contributed by atoms with Crippen molar-refractivity contribution < 1.29 is 9.47 Å². The molecule has 0 saturated carbocycles. The Kier molecular flexibility index (Phi) is 5.84. The van der Waals surface area contributed by atoms with Gasteiger partial charge in [-0.15, -0.1) is 0 Å². The Balaban J connectivity index is 1.88. The predicted molar refractivity (Wildman–Crippen MR) is 106 cm³/mol. The molecule has 0 aliphatic heterocycles. The van der Waals surface area contributed by atoms with Gasteiger partial charge in [0, 0.05) is 5.57 Å². The topological polar surface area (TPSA) is 30.8 Å². The third-order valence-electron chi connectivity index (χ3n) is 3.74. The minimum Gasteiger partial charge on any atom is -0.464 e. The molecular formula is C23H21NO2. The van der Waals surface area contributed by atoms with Gasteiger partial charge in [-0.25, -0.2) is 4.99 Å². The van der Waals surface area contributed by atoms with E-state index < -0.39 is 0 Å². The maximum Gasteiger partial charge on any atom is 0.225 e. The number of ether oxygens (including phenoxy) is 2. The summed E-state index contributed by atoms with van der Waals surface area (Å²) in [6.07, 6.45) is 1.67. The third-order valence-corrected chi connectivity index (χ3v) is 3.74. The Morgan fingerprint density at radius 1 is 0.808 bits per heavy atom. The first kappa shape index (κ1) is 17.5. The third kappa shape index (κ3) is 4.84. The molecule has 3 rings (SSSR count). The number of para-hydroxylation sites is 3. The Morgan fingerprint density at radius 2 is 1.42 bits per heavy atom. The van der Waals surface area contributed by atoms with Gasteiger partial charge in [0.2, 0.25) is 5.90 Å². The number of hydrogen-bond donors (Lipinski definition) is 0. The molecule has 0 heterocycles. The molecule has 3 aromatic carbocycles. The number of hydrogen-bond acceptors (Lipinski definition) is 3. The molecule has 3 nitrogen and oxygen atoms in total. The van der Waals surface area contributed by atoms with E-state index in [1.807, 2.05) is 98.8 Å². The molecule has 0 aromatic heterocycles. The number of nitrogens with zero attached hydrogens (tertiary/aromatic N) is 1. The lowest BCUT2D eigenvalue weighted by atomic mass is 10.2. The number of benzene rings is 3. The maximum absolute atomic E-state index is 6.00. The highest BCUT2D eigenvalue weighted by Crippen LogP contribution is 2.19. The van der Waals surface area contributed by atoms with Crippen LogP contribution < -0.4 is 9.47 Å². The van der Waals surface area contributed by atoms with Crippen LogP contribution in [0.3, 0.4) is 0 Å². The lowest BCUT2D eigenvalue weighted by Crippen LogP contribution is -2.10. The summed E-state index contributed by atoms with van der Waals surface area (Å²) < 4.78 is 11.8. The predicted octanol–water partition coefficient (Wildman–Crippen LogP) is 6.09. The Bertz CT molecular complexity index is 900. The normalized spacial score (nSPS) is 11.9. The molecule has 0 amide bonds. The van der Waals surface area contributed by atoms with Crippen molar-refractivity contribution in [1.29, 1.82) is 0 Å². The average molecular weight is 343 g/mol. The first-order chi connectivity index (χ1) is 12.7. The first-order valence-electron chi connectivity index (χ1n) is 8.48. The highest BCUT2D eigenvalue weighted by atomic mass is 16.5. The maximum atomic E-state index is 6.00. The molecule has 0 N–H and O–H groups in total. The molecule has 0 unspecified atom stereocenters. The van der Waals surface area contributed by atoms with Crippen LogP contribution in [-0.4, -0.2) is 5.90 Å². The van der Waals surface area contributed by atoms with Crippen LogP contribution in [0.4, 0.5) is 5.69 Å². The van der Waals surface area contributed by atoms with Gasteiger partial charge in [0.1, 0.15) is 11.5 Å². The zero-order valence-corrected chi connectivity index (χ0v) is 14.9. The molecule has 3 heteroatoms. The fourth-order valence-electron chi connectivity index (χ4n) is 2.30. The molecule has 0 aliphatic carbocycles. The molecule has 0 saturated heterocycles. The van der Waals surface area contributed by atoms with Crippen molar-refractivity contribution >= 4 is 11.6 Å². The van der Waals surface area contributed by atoms with Gasteiger partial charge >= 0.3 is 0 Å². The largest absolute Gasteiger partial charge is 0.464 e. The lowest BCUT2D eigenvalue weighted by Gasteiger charge is -2.11. The zero-order valence-electron chi connectivity index (χ0n) is 14.9. The summed E-state index contributed by atoms with van der Waals surface area (Å²) >= 11 is 0. The van der Waals surface area contributed by atoms with Crippen molar-refractivity contribution in [3.63, 3.8) is 0 Å². The first-order valence-corrected chi connectivity index (χ1v) is 8.48. The van der Waals surface area contributed by atoms with Gasteiger partial charge in [0.25, 0.3) is 0 Å². The fraction of sp³-hybridized carbons (Fsp3) is 0.0870. The minimum atomic E-state index is 0.496. The summed E-state index contributed by atoms with van der Waals surface area (Å²) in [5, 5.41) is 0. The summed E-state index contributed by atoms with van der Waals surface area (Å²) in [7, 11) is 0. The molecule has 26 heavy (non-hydrogen) atoms. The number of rotatable bonds is 5. The van der Waals surface area contributed by atoms with Crippen molar-refractivity contribution in [3.8, 4) is 11.5 Å². The van der Waals surface area contributed by atoms with E-state index in [9.17, 15) is 0 Å². The SMILES string of the molecule is CC(=COc1ccccc1C)/C(=N\c1ccccc1)Oc1ccccc1. The van der Waals surface area contributed by atoms with Gasteiger partial charge in [-0.3, -0.25) is 0 Å². The van der Waals surface area contributed by atoms with E-state index in [1.54, 1.807) is 6.26 Å². The van der Waals surface area contributed by atoms with Crippen LogP contribution in [0.5, 0.6) is 11.5 Å². The Hall–Kier alpha value is -3.33. The second-order valence-corrected chi connectivity index (χ2v) is 5.85. The van der Waals surface area contributed by atoms with Gasteiger partial charge in [-0.2, -0.15) is 0 Å². The molecule has 130 valence electrons. The molecule has 0 bridgehead atoms. The van der Waals surface area contributed by atoms with E-state index in [2.05, 4.69) is 4.99 Å². The molecule has 0 radical (unpaired) electrons. The molecular weight excluding hydrogens is 322 g/mol. The van der Waals surface area contributed by atoms with Crippen LogP contribution in [0.15, 0.2) is 102 Å². The van der Waals surface area contributed by atoms with Gasteiger partial charge in [0.15, 0.2) is 0 Å². The standard InChI is InChI=1S/C23H21NO2/c1-18-11-9-10-16-22(18)25-17-19(2)23(24-20-12-5-3-6-13-20)26-21-14-7-4-8-15-21/h3-17H,1-2H3/b19-17?,24-23+. The van der Waals surface area contributed by atoms with Crippen LogP contribution in [0.1, 0.15) is 12.5 Å². The van der Waals surface area contributed by atoms with Gasteiger partial charge in [-0.05, 0) is 49.7 Å². The smallest absolute Gasteiger partial charge is 0.225 e. The Labute approximate surface area is 154 Å². The van der Waals surface area contributed by atoms with E-state index in [4.69, 9.17) is 9.47 Å². The number of aryl methyl sites for hydroxylation is 1. The average Bonchev–Trinajstić information content (AvgIpc) is 2.68. The molecule has 0 aliphatic rings. The monoisotopic (exact) mass is 343 g/mol. The Morgan fingerprint density at radius 3 is 2.12 bits per heavy atom. The van der Waals surface area contributed by atoms with Crippen LogP contribution in [0.2, 0.25) is 0 Å². The quantitative estimate of drug-likeness (QED) is 0.319. The van der Waals surface area contributed by atoms with Crippen molar-refractivity contribution in [3.05, 3.63) is 102 Å². The number of aliphatic imine (C=N–C) groups is 1. The van der Waals surface area contributed by atoms with E-state index in [-0.39, 0.29) is 0 Å². The zero-order chi connectivity index (χ0) is 18.2. The van der Waals surface area contributed by atoms with E-state index in [1.165, 1.54) is 0 Å².